The average molecular weight is 430 g/mol. The number of hydrogen-bond donors (Lipinski definition) is 0. The van der Waals surface area contributed by atoms with Crippen LogP contribution in [-0.2, 0) is 12.3 Å². The number of methoxy groups -OCH3 is 1. The highest BCUT2D eigenvalue weighted by molar-refractivity contribution is 7.99. The second-order valence-electron chi connectivity index (χ2n) is 6.28. The summed E-state index contributed by atoms with van der Waals surface area (Å²) in [7, 11) is 1.57. The summed E-state index contributed by atoms with van der Waals surface area (Å²) in [5, 5.41) is 10.1. The van der Waals surface area contributed by atoms with E-state index in [1.807, 2.05) is 43.5 Å². The lowest BCUT2D eigenvalue weighted by atomic mass is 10.1. The van der Waals surface area contributed by atoms with Crippen LogP contribution in [0.15, 0.2) is 40.6 Å². The van der Waals surface area contributed by atoms with E-state index >= 15 is 0 Å². The Balaban J connectivity index is 1.67. The van der Waals surface area contributed by atoms with Crippen LogP contribution in [0.5, 0.6) is 5.75 Å². The van der Waals surface area contributed by atoms with Gasteiger partial charge in [0.1, 0.15) is 11.6 Å². The molecule has 0 bridgehead atoms. The highest BCUT2D eigenvalue weighted by Crippen LogP contribution is 2.25. The predicted molar refractivity (Wildman–Crippen MR) is 115 cm³/mol. The highest BCUT2D eigenvalue weighted by atomic mass is 32.2. The van der Waals surface area contributed by atoms with Crippen LogP contribution in [0.2, 0.25) is 0 Å². The molecule has 0 aliphatic carbocycles. The third kappa shape index (κ3) is 5.36. The van der Waals surface area contributed by atoms with Crippen LogP contribution in [0, 0.1) is 13.8 Å². The molecule has 0 radical (unpaired) electrons. The lowest BCUT2D eigenvalue weighted by Gasteiger charge is -2.08. The molecule has 9 heteroatoms. The average Bonchev–Trinajstić information content (AvgIpc) is 3.11. The number of carbonyl (C=O) groups excluding carboxylic acids is 1. The summed E-state index contributed by atoms with van der Waals surface area (Å²) in [5.41, 5.74) is 2.47. The fourth-order valence-electron chi connectivity index (χ4n) is 2.82. The van der Waals surface area contributed by atoms with Crippen molar-refractivity contribution in [3.8, 4) is 5.75 Å². The Morgan fingerprint density at radius 2 is 1.83 bits per heavy atom. The molecule has 0 fully saturated rings. The SMILES string of the molecule is CCn1c(CSc2nc(C)cc(C)n2)nnc1SCC(=O)c1ccccc1OC. The van der Waals surface area contributed by atoms with Crippen molar-refractivity contribution in [3.05, 3.63) is 53.1 Å². The number of nitrogens with zero attached hydrogens (tertiary/aromatic N) is 5. The number of ketones is 1. The summed E-state index contributed by atoms with van der Waals surface area (Å²) < 4.78 is 7.30. The Labute approximate surface area is 178 Å². The molecule has 0 amide bonds. The van der Waals surface area contributed by atoms with Gasteiger partial charge in [-0.25, -0.2) is 9.97 Å². The van der Waals surface area contributed by atoms with E-state index in [1.54, 1.807) is 19.2 Å². The third-order valence-corrected chi connectivity index (χ3v) is 5.95. The van der Waals surface area contributed by atoms with Gasteiger partial charge in [0, 0.05) is 17.9 Å². The zero-order chi connectivity index (χ0) is 20.8. The molecule has 152 valence electrons. The number of aryl methyl sites for hydroxylation is 2. The van der Waals surface area contributed by atoms with Crippen LogP contribution in [0.1, 0.15) is 34.5 Å². The summed E-state index contributed by atoms with van der Waals surface area (Å²) in [6.45, 7) is 6.68. The molecule has 0 N–H and O–H groups in total. The maximum absolute atomic E-state index is 12.6. The van der Waals surface area contributed by atoms with Gasteiger partial charge in [0.2, 0.25) is 0 Å². The van der Waals surface area contributed by atoms with Crippen LogP contribution in [0.4, 0.5) is 0 Å². The van der Waals surface area contributed by atoms with E-state index < -0.39 is 0 Å². The van der Waals surface area contributed by atoms with Crippen LogP contribution in [0.3, 0.4) is 0 Å². The number of Topliss-reactive ketones (excluding diaryl/α,β-unsaturated/α-hetero) is 1. The Morgan fingerprint density at radius 1 is 1.10 bits per heavy atom. The monoisotopic (exact) mass is 429 g/mol. The lowest BCUT2D eigenvalue weighted by Crippen LogP contribution is -2.07. The van der Waals surface area contributed by atoms with E-state index in [2.05, 4.69) is 20.2 Å². The van der Waals surface area contributed by atoms with Crippen LogP contribution < -0.4 is 4.74 Å². The molecular formula is C20H23N5O2S2. The van der Waals surface area contributed by atoms with Gasteiger partial charge in [-0.2, -0.15) is 0 Å². The van der Waals surface area contributed by atoms with E-state index in [0.717, 1.165) is 34.1 Å². The van der Waals surface area contributed by atoms with E-state index in [9.17, 15) is 4.79 Å². The van der Waals surface area contributed by atoms with Crippen molar-refractivity contribution in [3.63, 3.8) is 0 Å². The first-order valence-corrected chi connectivity index (χ1v) is 11.1. The van der Waals surface area contributed by atoms with Gasteiger partial charge in [-0.3, -0.25) is 4.79 Å². The molecular weight excluding hydrogens is 406 g/mol. The largest absolute Gasteiger partial charge is 0.496 e. The molecule has 7 nitrogen and oxygen atoms in total. The van der Waals surface area contributed by atoms with Crippen molar-refractivity contribution in [1.29, 1.82) is 0 Å². The van der Waals surface area contributed by atoms with E-state index in [-0.39, 0.29) is 11.5 Å². The molecule has 0 aliphatic heterocycles. The maximum atomic E-state index is 12.6. The number of ether oxygens (including phenoxy) is 1. The van der Waals surface area contributed by atoms with E-state index in [1.165, 1.54) is 23.5 Å². The Bertz CT molecular complexity index is 986. The molecule has 0 atom stereocenters. The number of para-hydroxylation sites is 1. The minimum absolute atomic E-state index is 0.00216. The van der Waals surface area contributed by atoms with Gasteiger partial charge < -0.3 is 9.30 Å². The van der Waals surface area contributed by atoms with E-state index in [4.69, 9.17) is 4.74 Å². The number of aromatic nitrogens is 5. The predicted octanol–water partition coefficient (Wildman–Crippen LogP) is 3.98. The molecule has 1 aromatic carbocycles. The Hall–Kier alpha value is -2.39. The molecule has 2 aromatic heterocycles. The molecule has 0 saturated heterocycles. The number of thioether (sulfide) groups is 2. The van der Waals surface area contributed by atoms with E-state index in [0.29, 0.717) is 17.1 Å². The topological polar surface area (TPSA) is 82.8 Å². The third-order valence-electron chi connectivity index (χ3n) is 4.14. The summed E-state index contributed by atoms with van der Waals surface area (Å²) in [6, 6.07) is 9.19. The Kier molecular flexibility index (Phi) is 7.27. The second-order valence-corrected chi connectivity index (χ2v) is 8.16. The van der Waals surface area contributed by atoms with Gasteiger partial charge >= 0.3 is 0 Å². The molecule has 0 aliphatic rings. The standard InChI is InChI=1S/C20H23N5O2S2/c1-5-25-18(12-28-19-21-13(2)10-14(3)22-19)23-24-20(25)29-11-16(26)15-8-6-7-9-17(15)27-4/h6-10H,5,11-12H2,1-4H3. The minimum atomic E-state index is -0.00216. The van der Waals surface area contributed by atoms with Crippen LogP contribution >= 0.6 is 23.5 Å². The summed E-state index contributed by atoms with van der Waals surface area (Å²) >= 11 is 2.92. The fraction of sp³-hybridized carbons (Fsp3) is 0.350. The summed E-state index contributed by atoms with van der Waals surface area (Å²) in [6.07, 6.45) is 0. The van der Waals surface area contributed by atoms with Crippen LogP contribution in [0.25, 0.3) is 0 Å². The molecule has 0 unspecified atom stereocenters. The number of carbonyl (C=O) groups is 1. The number of hydrogen-bond acceptors (Lipinski definition) is 8. The quantitative estimate of drug-likeness (QED) is 0.287. The number of benzene rings is 1. The molecule has 0 saturated carbocycles. The molecule has 29 heavy (non-hydrogen) atoms. The van der Waals surface area contributed by atoms with Crippen molar-refractivity contribution in [2.24, 2.45) is 0 Å². The zero-order valence-corrected chi connectivity index (χ0v) is 18.5. The van der Waals surface area contributed by atoms with Gasteiger partial charge in [-0.15, -0.1) is 10.2 Å². The molecule has 0 spiro atoms. The molecule has 3 aromatic rings. The molecule has 2 heterocycles. The smallest absolute Gasteiger partial charge is 0.191 e. The maximum Gasteiger partial charge on any atom is 0.191 e. The number of rotatable bonds is 9. The highest BCUT2D eigenvalue weighted by Gasteiger charge is 2.16. The van der Waals surface area contributed by atoms with Crippen molar-refractivity contribution in [2.45, 2.75) is 43.4 Å². The first-order chi connectivity index (χ1) is 14.0. The van der Waals surface area contributed by atoms with Crippen LogP contribution in [-0.4, -0.2) is 43.4 Å². The first kappa shape index (κ1) is 21.3. The molecule has 3 rings (SSSR count). The van der Waals surface area contributed by atoms with Crippen molar-refractivity contribution < 1.29 is 9.53 Å². The van der Waals surface area contributed by atoms with Gasteiger partial charge in [0.05, 0.1) is 24.2 Å². The zero-order valence-electron chi connectivity index (χ0n) is 16.9. The summed E-state index contributed by atoms with van der Waals surface area (Å²) in [4.78, 5) is 21.5. The second kappa shape index (κ2) is 9.89. The van der Waals surface area contributed by atoms with Gasteiger partial charge in [-0.05, 0) is 39.0 Å². The summed E-state index contributed by atoms with van der Waals surface area (Å²) in [5.74, 6) is 2.31. The van der Waals surface area contributed by atoms with Gasteiger partial charge in [0.25, 0.3) is 0 Å². The fourth-order valence-corrected chi connectivity index (χ4v) is 4.61. The first-order valence-electron chi connectivity index (χ1n) is 9.18. The minimum Gasteiger partial charge on any atom is -0.496 e. The van der Waals surface area contributed by atoms with Crippen molar-refractivity contribution >= 4 is 29.3 Å². The van der Waals surface area contributed by atoms with Crippen molar-refractivity contribution in [2.75, 3.05) is 12.9 Å². The van der Waals surface area contributed by atoms with Gasteiger partial charge in [0.15, 0.2) is 16.1 Å². The normalized spacial score (nSPS) is 10.9. The Morgan fingerprint density at radius 3 is 2.52 bits per heavy atom. The van der Waals surface area contributed by atoms with Gasteiger partial charge in [-0.1, -0.05) is 35.7 Å². The lowest BCUT2D eigenvalue weighted by molar-refractivity contribution is 0.101. The van der Waals surface area contributed by atoms with Crippen molar-refractivity contribution in [1.82, 2.24) is 24.7 Å².